The topological polar surface area (TPSA) is 21.3 Å². The number of hydrogen-bond donors (Lipinski definition) is 1. The largest absolute Gasteiger partial charge is 0.490 e. The van der Waals surface area contributed by atoms with Crippen LogP contribution in [0.1, 0.15) is 30.0 Å². The molecule has 1 aliphatic carbocycles. The van der Waals surface area contributed by atoms with Crippen molar-refractivity contribution in [2.45, 2.75) is 31.4 Å². The van der Waals surface area contributed by atoms with Gasteiger partial charge in [0.25, 0.3) is 0 Å². The van der Waals surface area contributed by atoms with Crippen LogP contribution in [0.3, 0.4) is 0 Å². The van der Waals surface area contributed by atoms with Gasteiger partial charge in [0.1, 0.15) is 5.75 Å². The highest BCUT2D eigenvalue weighted by Gasteiger charge is 2.23. The molecule has 0 spiro atoms. The Kier molecular flexibility index (Phi) is 4.47. The number of ether oxygens (including phenoxy) is 1. The lowest BCUT2D eigenvalue weighted by molar-refractivity contribution is 0.302. The van der Waals surface area contributed by atoms with Crippen LogP contribution in [0.2, 0.25) is 5.02 Å². The van der Waals surface area contributed by atoms with Gasteiger partial charge in [-0.15, -0.1) is 0 Å². The Labute approximate surface area is 131 Å². The average molecular weight is 302 g/mol. The molecule has 1 aliphatic rings. The predicted molar refractivity (Wildman–Crippen MR) is 87.0 cm³/mol. The molecule has 3 heteroatoms. The molecule has 0 amide bonds. The minimum atomic E-state index is 0.256. The molecule has 2 aromatic rings. The third-order valence-corrected chi connectivity index (χ3v) is 4.00. The Morgan fingerprint density at radius 1 is 1.19 bits per heavy atom. The van der Waals surface area contributed by atoms with E-state index >= 15 is 0 Å². The zero-order chi connectivity index (χ0) is 14.7. The Hall–Kier alpha value is -1.51. The molecule has 0 aromatic heterocycles. The van der Waals surface area contributed by atoms with Gasteiger partial charge >= 0.3 is 0 Å². The maximum Gasteiger partial charge on any atom is 0.120 e. The van der Waals surface area contributed by atoms with Crippen LogP contribution in [0.5, 0.6) is 5.75 Å². The van der Waals surface area contributed by atoms with Gasteiger partial charge in [-0.25, -0.2) is 0 Å². The van der Waals surface area contributed by atoms with Gasteiger partial charge in [-0.1, -0.05) is 35.9 Å². The molecule has 0 heterocycles. The number of rotatable bonds is 6. The highest BCUT2D eigenvalue weighted by Crippen LogP contribution is 2.29. The molecule has 2 nitrogen and oxygen atoms in total. The maximum absolute atomic E-state index is 6.07. The smallest absolute Gasteiger partial charge is 0.120 e. The first kappa shape index (κ1) is 14.4. The van der Waals surface area contributed by atoms with Gasteiger partial charge in [-0.05, 0) is 61.7 Å². The predicted octanol–water partition coefficient (Wildman–Crippen LogP) is 4.38. The van der Waals surface area contributed by atoms with E-state index in [-0.39, 0.29) is 6.04 Å². The number of hydrogen-bond acceptors (Lipinski definition) is 2. The first-order chi connectivity index (χ1) is 10.2. The van der Waals surface area contributed by atoms with E-state index in [1.807, 2.05) is 31.3 Å². The van der Waals surface area contributed by atoms with E-state index in [2.05, 4.69) is 29.6 Å². The molecule has 3 rings (SSSR count). The molecule has 1 N–H and O–H groups in total. The standard InChI is InChI=1S/C18H20ClNO/c1-20-18(11-13-4-2-6-15(19)10-13)14-5-3-7-17(12-14)21-16-8-9-16/h2-7,10,12,16,18,20H,8-9,11H2,1H3. The molecule has 0 bridgehead atoms. The quantitative estimate of drug-likeness (QED) is 0.854. The lowest BCUT2D eigenvalue weighted by Crippen LogP contribution is -2.18. The molecule has 21 heavy (non-hydrogen) atoms. The fourth-order valence-electron chi connectivity index (χ4n) is 2.47. The Morgan fingerprint density at radius 3 is 2.71 bits per heavy atom. The zero-order valence-corrected chi connectivity index (χ0v) is 12.9. The summed E-state index contributed by atoms with van der Waals surface area (Å²) in [5.41, 5.74) is 2.48. The molecule has 0 saturated heterocycles. The van der Waals surface area contributed by atoms with Gasteiger partial charge in [0.15, 0.2) is 0 Å². The third-order valence-electron chi connectivity index (χ3n) is 3.76. The van der Waals surface area contributed by atoms with Gasteiger partial charge in [-0.3, -0.25) is 0 Å². The van der Waals surface area contributed by atoms with Crippen LogP contribution in [0, 0.1) is 0 Å². The van der Waals surface area contributed by atoms with Crippen LogP contribution >= 0.6 is 11.6 Å². The average Bonchev–Trinajstić information content (AvgIpc) is 3.29. The van der Waals surface area contributed by atoms with E-state index in [0.717, 1.165) is 17.2 Å². The summed E-state index contributed by atoms with van der Waals surface area (Å²) < 4.78 is 5.88. The van der Waals surface area contributed by atoms with Crippen LogP contribution in [0.25, 0.3) is 0 Å². The zero-order valence-electron chi connectivity index (χ0n) is 12.2. The van der Waals surface area contributed by atoms with Crippen LogP contribution in [-0.2, 0) is 6.42 Å². The molecule has 1 saturated carbocycles. The van der Waals surface area contributed by atoms with Crippen molar-refractivity contribution in [2.75, 3.05) is 7.05 Å². The van der Waals surface area contributed by atoms with Gasteiger partial charge in [0.05, 0.1) is 6.10 Å². The summed E-state index contributed by atoms with van der Waals surface area (Å²) in [7, 11) is 1.99. The lowest BCUT2D eigenvalue weighted by atomic mass is 9.99. The van der Waals surface area contributed by atoms with Gasteiger partial charge in [-0.2, -0.15) is 0 Å². The number of halogens is 1. The van der Waals surface area contributed by atoms with E-state index in [9.17, 15) is 0 Å². The summed E-state index contributed by atoms with van der Waals surface area (Å²) in [5, 5.41) is 4.17. The molecule has 2 aromatic carbocycles. The van der Waals surface area contributed by atoms with Gasteiger partial charge in [0.2, 0.25) is 0 Å². The van der Waals surface area contributed by atoms with Crippen molar-refractivity contribution in [3.8, 4) is 5.75 Å². The number of likely N-dealkylation sites (N-methyl/N-ethyl adjacent to an activating group) is 1. The summed E-state index contributed by atoms with van der Waals surface area (Å²) >= 11 is 6.07. The van der Waals surface area contributed by atoms with Crippen molar-refractivity contribution in [2.24, 2.45) is 0 Å². The molecular formula is C18H20ClNO. The first-order valence-electron chi connectivity index (χ1n) is 7.43. The highest BCUT2D eigenvalue weighted by molar-refractivity contribution is 6.30. The summed E-state index contributed by atoms with van der Waals surface area (Å²) in [5.74, 6) is 0.973. The van der Waals surface area contributed by atoms with E-state index in [0.29, 0.717) is 6.10 Å². The molecule has 1 atom stereocenters. The summed E-state index contributed by atoms with van der Waals surface area (Å²) in [4.78, 5) is 0. The third kappa shape index (κ3) is 3.99. The molecule has 0 radical (unpaired) electrons. The van der Waals surface area contributed by atoms with Crippen molar-refractivity contribution < 1.29 is 4.74 Å². The second kappa shape index (κ2) is 6.50. The van der Waals surface area contributed by atoms with Gasteiger partial charge in [0, 0.05) is 11.1 Å². The van der Waals surface area contributed by atoms with Crippen LogP contribution < -0.4 is 10.1 Å². The Balaban J connectivity index is 1.75. The maximum atomic E-state index is 6.07. The monoisotopic (exact) mass is 301 g/mol. The minimum Gasteiger partial charge on any atom is -0.490 e. The van der Waals surface area contributed by atoms with Crippen molar-refractivity contribution in [1.29, 1.82) is 0 Å². The second-order valence-electron chi connectivity index (χ2n) is 5.57. The van der Waals surface area contributed by atoms with E-state index in [1.165, 1.54) is 24.0 Å². The number of benzene rings is 2. The van der Waals surface area contributed by atoms with Crippen LogP contribution in [0.15, 0.2) is 48.5 Å². The SMILES string of the molecule is CNC(Cc1cccc(Cl)c1)c1cccc(OC2CC2)c1. The minimum absolute atomic E-state index is 0.256. The highest BCUT2D eigenvalue weighted by atomic mass is 35.5. The number of nitrogens with one attached hydrogen (secondary N) is 1. The van der Waals surface area contributed by atoms with E-state index in [4.69, 9.17) is 16.3 Å². The summed E-state index contributed by atoms with van der Waals surface area (Å²) in [6.45, 7) is 0. The normalized spacial score (nSPS) is 15.7. The van der Waals surface area contributed by atoms with Crippen molar-refractivity contribution >= 4 is 11.6 Å². The molecule has 0 aliphatic heterocycles. The second-order valence-corrected chi connectivity index (χ2v) is 6.00. The first-order valence-corrected chi connectivity index (χ1v) is 7.81. The van der Waals surface area contributed by atoms with Crippen LogP contribution in [0.4, 0.5) is 0 Å². The molecular weight excluding hydrogens is 282 g/mol. The fourth-order valence-corrected chi connectivity index (χ4v) is 2.68. The summed E-state index contributed by atoms with van der Waals surface area (Å²) in [6.07, 6.45) is 3.70. The van der Waals surface area contributed by atoms with Crippen molar-refractivity contribution in [1.82, 2.24) is 5.32 Å². The van der Waals surface area contributed by atoms with Crippen molar-refractivity contribution in [3.63, 3.8) is 0 Å². The summed E-state index contributed by atoms with van der Waals surface area (Å²) in [6, 6.07) is 16.7. The van der Waals surface area contributed by atoms with E-state index in [1.54, 1.807) is 0 Å². The molecule has 110 valence electrons. The van der Waals surface area contributed by atoms with Crippen molar-refractivity contribution in [3.05, 3.63) is 64.7 Å². The lowest BCUT2D eigenvalue weighted by Gasteiger charge is -2.18. The molecule has 1 fully saturated rings. The van der Waals surface area contributed by atoms with Gasteiger partial charge < -0.3 is 10.1 Å². The Morgan fingerprint density at radius 2 is 2.00 bits per heavy atom. The van der Waals surface area contributed by atoms with E-state index < -0.39 is 0 Å². The fraction of sp³-hybridized carbons (Fsp3) is 0.333. The molecule has 1 unspecified atom stereocenters. The van der Waals surface area contributed by atoms with Crippen LogP contribution in [-0.4, -0.2) is 13.2 Å². The Bertz CT molecular complexity index is 610.